The van der Waals surface area contributed by atoms with Gasteiger partial charge in [-0.1, -0.05) is 45.0 Å². The largest absolute Gasteiger partial charge is 0.398 e. The van der Waals surface area contributed by atoms with Crippen molar-refractivity contribution in [3.8, 4) is 0 Å². The Bertz CT molecular complexity index is 1030. The monoisotopic (exact) mass is 416 g/mol. The number of amides is 2. The number of nitrogens with zero attached hydrogens (tertiary/aromatic N) is 2. The van der Waals surface area contributed by atoms with Gasteiger partial charge in [-0.05, 0) is 72.7 Å². The van der Waals surface area contributed by atoms with Crippen LogP contribution in [-0.2, 0) is 25.8 Å². The molecular formula is C26H32N4O. The van der Waals surface area contributed by atoms with E-state index in [1.54, 1.807) is 4.90 Å². The molecule has 0 radical (unpaired) electrons. The van der Waals surface area contributed by atoms with Gasteiger partial charge in [0.1, 0.15) is 0 Å². The summed E-state index contributed by atoms with van der Waals surface area (Å²) < 4.78 is 0. The summed E-state index contributed by atoms with van der Waals surface area (Å²) in [5, 5.41) is 3.17. The van der Waals surface area contributed by atoms with Crippen molar-refractivity contribution >= 4 is 23.1 Å². The first-order valence-electron chi connectivity index (χ1n) is 11.0. The van der Waals surface area contributed by atoms with Crippen molar-refractivity contribution in [2.24, 2.45) is 0 Å². The van der Waals surface area contributed by atoms with E-state index in [9.17, 15) is 4.79 Å². The fourth-order valence-electron chi connectivity index (χ4n) is 3.68. The summed E-state index contributed by atoms with van der Waals surface area (Å²) in [5.74, 6) is 0. The number of pyridine rings is 1. The second-order valence-electron chi connectivity index (χ2n) is 7.72. The van der Waals surface area contributed by atoms with Gasteiger partial charge in [0.05, 0.1) is 12.2 Å². The molecule has 0 atom stereocenters. The highest BCUT2D eigenvalue weighted by Gasteiger charge is 2.20. The molecule has 3 aromatic rings. The lowest BCUT2D eigenvalue weighted by Crippen LogP contribution is -2.35. The maximum absolute atomic E-state index is 13.5. The molecule has 0 aliphatic carbocycles. The maximum atomic E-state index is 13.5. The van der Waals surface area contributed by atoms with E-state index in [0.29, 0.717) is 12.2 Å². The number of rotatable bonds is 7. The zero-order chi connectivity index (χ0) is 22.4. The van der Waals surface area contributed by atoms with Crippen LogP contribution in [0.3, 0.4) is 0 Å². The van der Waals surface area contributed by atoms with Crippen LogP contribution >= 0.6 is 0 Å². The third-order valence-electron chi connectivity index (χ3n) is 5.62. The smallest absolute Gasteiger partial charge is 0.326 e. The van der Waals surface area contributed by atoms with Gasteiger partial charge in [-0.3, -0.25) is 9.88 Å². The molecule has 1 heterocycles. The van der Waals surface area contributed by atoms with E-state index < -0.39 is 0 Å². The summed E-state index contributed by atoms with van der Waals surface area (Å²) in [6.07, 6.45) is 4.35. The predicted molar refractivity (Wildman–Crippen MR) is 130 cm³/mol. The number of nitrogens with two attached hydrogens (primary N) is 1. The van der Waals surface area contributed by atoms with Crippen LogP contribution in [0.1, 0.15) is 48.7 Å². The highest BCUT2D eigenvalue weighted by atomic mass is 16.2. The van der Waals surface area contributed by atoms with E-state index in [0.717, 1.165) is 53.0 Å². The summed E-state index contributed by atoms with van der Waals surface area (Å²) in [6, 6.07) is 15.9. The number of aryl methyl sites for hydroxylation is 3. The number of benzene rings is 2. The van der Waals surface area contributed by atoms with Gasteiger partial charge in [0.15, 0.2) is 0 Å². The Labute approximate surface area is 185 Å². The summed E-state index contributed by atoms with van der Waals surface area (Å²) in [6.45, 7) is 8.64. The Morgan fingerprint density at radius 2 is 1.65 bits per heavy atom. The number of hydrogen-bond acceptors (Lipinski definition) is 3. The fourth-order valence-corrected chi connectivity index (χ4v) is 3.68. The number of aromatic nitrogens is 1. The number of carbonyl (C=O) groups is 1. The maximum Gasteiger partial charge on any atom is 0.326 e. The van der Waals surface area contributed by atoms with Crippen molar-refractivity contribution in [2.75, 3.05) is 16.0 Å². The molecule has 1 aromatic heterocycles. The minimum Gasteiger partial charge on any atom is -0.398 e. The van der Waals surface area contributed by atoms with Crippen molar-refractivity contribution in [1.29, 1.82) is 0 Å². The van der Waals surface area contributed by atoms with Crippen molar-refractivity contribution in [3.05, 3.63) is 82.7 Å². The molecule has 31 heavy (non-hydrogen) atoms. The molecule has 0 aliphatic heterocycles. The molecule has 0 aliphatic rings. The van der Waals surface area contributed by atoms with Gasteiger partial charge in [-0.25, -0.2) is 4.79 Å². The summed E-state index contributed by atoms with van der Waals surface area (Å²) >= 11 is 0. The SMILES string of the molecule is CCc1ccc(N(Cc2ccc(C)nc2)C(=O)Nc2c(CC)ccc(N)c2CC)cc1. The van der Waals surface area contributed by atoms with E-state index in [1.807, 2.05) is 49.5 Å². The van der Waals surface area contributed by atoms with Crippen molar-refractivity contribution in [1.82, 2.24) is 4.98 Å². The number of anilines is 3. The predicted octanol–water partition coefficient (Wildman–Crippen LogP) is 5.90. The average molecular weight is 417 g/mol. The van der Waals surface area contributed by atoms with Gasteiger partial charge < -0.3 is 11.1 Å². The molecule has 162 valence electrons. The Morgan fingerprint density at radius 1 is 0.935 bits per heavy atom. The highest BCUT2D eigenvalue weighted by Crippen LogP contribution is 2.29. The normalized spacial score (nSPS) is 10.7. The zero-order valence-electron chi connectivity index (χ0n) is 18.9. The second-order valence-corrected chi connectivity index (χ2v) is 7.72. The van der Waals surface area contributed by atoms with Crippen molar-refractivity contribution in [3.63, 3.8) is 0 Å². The first-order valence-corrected chi connectivity index (χ1v) is 11.0. The van der Waals surface area contributed by atoms with Gasteiger partial charge in [0.2, 0.25) is 0 Å². The van der Waals surface area contributed by atoms with Crippen LogP contribution in [0, 0.1) is 6.92 Å². The fraction of sp³-hybridized carbons (Fsp3) is 0.308. The number of hydrogen-bond donors (Lipinski definition) is 2. The summed E-state index contributed by atoms with van der Waals surface area (Å²) in [7, 11) is 0. The second kappa shape index (κ2) is 10.1. The van der Waals surface area contributed by atoms with E-state index in [-0.39, 0.29) is 6.03 Å². The molecule has 5 heteroatoms. The third-order valence-corrected chi connectivity index (χ3v) is 5.62. The van der Waals surface area contributed by atoms with Crippen molar-refractivity contribution < 1.29 is 4.79 Å². The molecule has 0 fully saturated rings. The molecule has 5 nitrogen and oxygen atoms in total. The van der Waals surface area contributed by atoms with E-state index in [4.69, 9.17) is 5.73 Å². The first kappa shape index (κ1) is 22.3. The van der Waals surface area contributed by atoms with Crippen LogP contribution in [0.4, 0.5) is 21.9 Å². The zero-order valence-corrected chi connectivity index (χ0v) is 18.9. The molecule has 3 rings (SSSR count). The number of nitrogen functional groups attached to an aromatic ring is 1. The summed E-state index contributed by atoms with van der Waals surface area (Å²) in [5.41, 5.74) is 13.8. The number of urea groups is 1. The molecule has 0 saturated carbocycles. The highest BCUT2D eigenvalue weighted by molar-refractivity contribution is 6.03. The lowest BCUT2D eigenvalue weighted by Gasteiger charge is -2.25. The van der Waals surface area contributed by atoms with Crippen LogP contribution in [0.2, 0.25) is 0 Å². The van der Waals surface area contributed by atoms with Gasteiger partial charge in [0.25, 0.3) is 0 Å². The quantitative estimate of drug-likeness (QED) is 0.471. The van der Waals surface area contributed by atoms with Crippen molar-refractivity contribution in [2.45, 2.75) is 53.5 Å². The van der Waals surface area contributed by atoms with E-state index >= 15 is 0 Å². The molecule has 0 spiro atoms. The molecular weight excluding hydrogens is 384 g/mol. The van der Waals surface area contributed by atoms with Crippen LogP contribution < -0.4 is 16.0 Å². The lowest BCUT2D eigenvalue weighted by molar-refractivity contribution is 0.256. The molecule has 3 N–H and O–H groups in total. The van der Waals surface area contributed by atoms with Crippen LogP contribution in [0.25, 0.3) is 0 Å². The molecule has 0 unspecified atom stereocenters. The Hall–Kier alpha value is -3.34. The third kappa shape index (κ3) is 5.23. The van der Waals surface area contributed by atoms with Gasteiger partial charge in [-0.15, -0.1) is 0 Å². The molecule has 2 amide bonds. The summed E-state index contributed by atoms with van der Waals surface area (Å²) in [4.78, 5) is 19.7. The van der Waals surface area contributed by atoms with Gasteiger partial charge in [0, 0.05) is 23.3 Å². The van der Waals surface area contributed by atoms with E-state index in [1.165, 1.54) is 5.56 Å². The van der Waals surface area contributed by atoms with E-state index in [2.05, 4.69) is 43.2 Å². The Kier molecular flexibility index (Phi) is 7.29. The van der Waals surface area contributed by atoms with Gasteiger partial charge in [-0.2, -0.15) is 0 Å². The Morgan fingerprint density at radius 3 is 2.23 bits per heavy atom. The van der Waals surface area contributed by atoms with Crippen LogP contribution in [-0.4, -0.2) is 11.0 Å². The standard InChI is InChI=1S/C26H32N4O/c1-5-19-10-13-22(14-11-19)30(17-20-9-8-18(4)28-16-20)26(31)29-25-21(6-2)12-15-24(27)23(25)7-3/h8-16H,5-7,17,27H2,1-4H3,(H,29,31). The first-order chi connectivity index (χ1) is 15.0. The molecule has 2 aromatic carbocycles. The van der Waals surface area contributed by atoms with Crippen LogP contribution in [0.5, 0.6) is 0 Å². The molecule has 0 saturated heterocycles. The average Bonchev–Trinajstić information content (AvgIpc) is 2.79. The van der Waals surface area contributed by atoms with Gasteiger partial charge >= 0.3 is 6.03 Å². The topological polar surface area (TPSA) is 71.2 Å². The molecule has 0 bridgehead atoms. The number of nitrogens with one attached hydrogen (secondary N) is 1. The number of carbonyl (C=O) groups excluding carboxylic acids is 1. The lowest BCUT2D eigenvalue weighted by atomic mass is 10.0. The minimum absolute atomic E-state index is 0.181. The minimum atomic E-state index is -0.181. The Balaban J connectivity index is 1.97. The van der Waals surface area contributed by atoms with Crippen LogP contribution in [0.15, 0.2) is 54.7 Å².